The number of alkyl halides is 1. The van der Waals surface area contributed by atoms with Gasteiger partial charge in [-0.2, -0.15) is 20.5 Å². The van der Waals surface area contributed by atoms with Crippen molar-refractivity contribution < 1.29 is 0 Å². The molecule has 6 saturated carbocycles. The highest BCUT2D eigenvalue weighted by atomic mass is 35.5. The Kier molecular flexibility index (Phi) is 11.8. The molecule has 8 atom stereocenters. The Morgan fingerprint density at radius 3 is 1.22 bits per heavy atom. The molecule has 0 amide bonds. The van der Waals surface area contributed by atoms with Crippen molar-refractivity contribution in [2.45, 2.75) is 196 Å². The second-order valence-electron chi connectivity index (χ2n) is 16.1. The van der Waals surface area contributed by atoms with Gasteiger partial charge in [0.2, 0.25) is 0 Å². The van der Waals surface area contributed by atoms with Gasteiger partial charge in [-0.1, -0.05) is 63.0 Å². The van der Waals surface area contributed by atoms with Gasteiger partial charge in [-0.3, -0.25) is 26.6 Å². The Morgan fingerprint density at radius 2 is 0.778 bits per heavy atom. The maximum atomic E-state index is 6.61. The molecule has 1 aliphatic heterocycles. The molecule has 0 aromatic heterocycles. The van der Waals surface area contributed by atoms with E-state index in [1.807, 2.05) is 0 Å². The van der Waals surface area contributed by atoms with Crippen molar-refractivity contribution in [2.75, 3.05) is 0 Å². The third-order valence-electron chi connectivity index (χ3n) is 13.0. The first-order chi connectivity index (χ1) is 22.1. The molecule has 7 rings (SSSR count). The minimum Gasteiger partial charge on any atom is -0.287 e. The first-order valence-electron chi connectivity index (χ1n) is 19.4. The SMILES string of the molecule is ClC1NC(NC2CCC(N=NC3CCC4CCCCC4C3)CC2)NC(NC2CCC(N=NC3CCC4CCCCC4C3)CC2)N1. The second-order valence-corrected chi connectivity index (χ2v) is 16.5. The van der Waals surface area contributed by atoms with Crippen molar-refractivity contribution in [3.63, 3.8) is 0 Å². The molecule has 1 heterocycles. The molecule has 0 spiro atoms. The third kappa shape index (κ3) is 9.26. The normalized spacial score (nSPS) is 46.6. The molecule has 45 heavy (non-hydrogen) atoms. The van der Waals surface area contributed by atoms with Crippen molar-refractivity contribution >= 4 is 11.6 Å². The molecular weight excluding hydrogens is 582 g/mol. The molecule has 0 aromatic rings. The highest BCUT2D eigenvalue weighted by molar-refractivity contribution is 6.20. The van der Waals surface area contributed by atoms with Crippen LogP contribution in [0.3, 0.4) is 0 Å². The molecule has 6 aliphatic carbocycles. The van der Waals surface area contributed by atoms with E-state index in [1.54, 1.807) is 0 Å². The summed E-state index contributed by atoms with van der Waals surface area (Å²) in [6.07, 6.45) is 28.4. The van der Waals surface area contributed by atoms with Gasteiger partial charge in [0, 0.05) is 12.1 Å². The Bertz CT molecular complexity index is 891. The Balaban J connectivity index is 0.788. The van der Waals surface area contributed by atoms with Crippen LogP contribution >= 0.6 is 11.6 Å². The van der Waals surface area contributed by atoms with E-state index < -0.39 is 0 Å². The summed E-state index contributed by atoms with van der Waals surface area (Å²) in [5.41, 5.74) is -0.282. The largest absolute Gasteiger partial charge is 0.287 e. The quantitative estimate of drug-likeness (QED) is 0.108. The van der Waals surface area contributed by atoms with Crippen molar-refractivity contribution in [2.24, 2.45) is 44.1 Å². The van der Waals surface area contributed by atoms with E-state index in [1.165, 1.54) is 89.9 Å². The number of hydrogen-bond donors (Lipinski definition) is 5. The zero-order valence-corrected chi connectivity index (χ0v) is 28.5. The summed E-state index contributed by atoms with van der Waals surface area (Å²) in [5, 5.41) is 37.7. The third-order valence-corrected chi connectivity index (χ3v) is 13.2. The molecule has 5 N–H and O–H groups in total. The van der Waals surface area contributed by atoms with Gasteiger partial charge >= 0.3 is 0 Å². The fraction of sp³-hybridized carbons (Fsp3) is 1.00. The summed E-state index contributed by atoms with van der Waals surface area (Å²) < 4.78 is 0. The second kappa shape index (κ2) is 16.1. The number of nitrogens with zero attached hydrogens (tertiary/aromatic N) is 4. The van der Waals surface area contributed by atoms with E-state index in [-0.39, 0.29) is 18.2 Å². The smallest absolute Gasteiger partial charge is 0.139 e. The molecule has 254 valence electrons. The van der Waals surface area contributed by atoms with E-state index in [4.69, 9.17) is 32.1 Å². The standard InChI is InChI=1S/C35H62ClN9/c36-33-39-34(37-27-13-17-29(18-14-27)42-44-31-11-9-23-5-1-3-7-25(23)21-31)41-35(40-33)38-28-15-19-30(20-16-28)43-45-32-12-10-24-6-2-4-8-26(24)22-32/h23-35,37-41H,1-22H2. The molecule has 7 aliphatic rings. The zero-order valence-electron chi connectivity index (χ0n) is 27.7. The van der Waals surface area contributed by atoms with Crippen molar-refractivity contribution in [3.8, 4) is 0 Å². The lowest BCUT2D eigenvalue weighted by molar-refractivity contribution is 0.143. The monoisotopic (exact) mass is 643 g/mol. The lowest BCUT2D eigenvalue weighted by Gasteiger charge is -2.41. The highest BCUT2D eigenvalue weighted by Gasteiger charge is 2.35. The topological polar surface area (TPSA) is 110 Å². The summed E-state index contributed by atoms with van der Waals surface area (Å²) in [6.45, 7) is 0. The fourth-order valence-corrected chi connectivity index (χ4v) is 10.5. The van der Waals surface area contributed by atoms with Gasteiger partial charge in [0.15, 0.2) is 0 Å². The van der Waals surface area contributed by atoms with Gasteiger partial charge in [0.05, 0.1) is 24.2 Å². The summed E-state index contributed by atoms with van der Waals surface area (Å²) in [5.74, 6) is 3.82. The Morgan fingerprint density at radius 1 is 0.400 bits per heavy atom. The van der Waals surface area contributed by atoms with Crippen molar-refractivity contribution in [1.82, 2.24) is 26.6 Å². The van der Waals surface area contributed by atoms with Gasteiger partial charge in [0.1, 0.15) is 18.2 Å². The average molecular weight is 644 g/mol. The lowest BCUT2D eigenvalue weighted by Crippen LogP contribution is -2.75. The molecule has 9 nitrogen and oxygen atoms in total. The van der Waals surface area contributed by atoms with Gasteiger partial charge in [-0.25, -0.2) is 0 Å². The number of nitrogens with one attached hydrogen (secondary N) is 5. The molecule has 8 unspecified atom stereocenters. The summed E-state index contributed by atoms with van der Waals surface area (Å²) in [4.78, 5) is 0. The van der Waals surface area contributed by atoms with Crippen molar-refractivity contribution in [1.29, 1.82) is 0 Å². The Labute approximate surface area is 277 Å². The number of fused-ring (bicyclic) bond motifs is 2. The van der Waals surface area contributed by atoms with E-state index in [2.05, 4.69) is 26.6 Å². The van der Waals surface area contributed by atoms with Crippen LogP contribution in [0.15, 0.2) is 20.5 Å². The highest BCUT2D eigenvalue weighted by Crippen LogP contribution is 2.42. The molecule has 7 fully saturated rings. The number of azo groups is 2. The van der Waals surface area contributed by atoms with Gasteiger partial charge in [0.25, 0.3) is 0 Å². The molecule has 0 radical (unpaired) electrons. The molecule has 0 aromatic carbocycles. The fourth-order valence-electron chi connectivity index (χ4n) is 10.3. The lowest BCUT2D eigenvalue weighted by atomic mass is 9.69. The number of hydrogen-bond acceptors (Lipinski definition) is 9. The van der Waals surface area contributed by atoms with Crippen LogP contribution in [0.2, 0.25) is 0 Å². The zero-order chi connectivity index (χ0) is 30.4. The van der Waals surface area contributed by atoms with Crippen LogP contribution in [0, 0.1) is 23.7 Å². The predicted octanol–water partition coefficient (Wildman–Crippen LogP) is 7.28. The summed E-state index contributed by atoms with van der Waals surface area (Å²) >= 11 is 6.61. The van der Waals surface area contributed by atoms with Gasteiger partial charge in [-0.15, -0.1) is 0 Å². The predicted molar refractivity (Wildman–Crippen MR) is 181 cm³/mol. The van der Waals surface area contributed by atoms with Gasteiger partial charge < -0.3 is 0 Å². The van der Waals surface area contributed by atoms with Crippen LogP contribution in [0.25, 0.3) is 0 Å². The molecular formula is C35H62ClN9. The first kappa shape index (κ1) is 32.8. The van der Waals surface area contributed by atoms with Crippen LogP contribution in [-0.2, 0) is 0 Å². The van der Waals surface area contributed by atoms with Crippen LogP contribution in [0.1, 0.15) is 141 Å². The van der Waals surface area contributed by atoms with E-state index >= 15 is 0 Å². The average Bonchev–Trinajstić information content (AvgIpc) is 3.07. The Hall–Kier alpha value is -0.710. The van der Waals surface area contributed by atoms with Crippen LogP contribution in [0.5, 0.6) is 0 Å². The molecule has 1 saturated heterocycles. The first-order valence-corrected chi connectivity index (χ1v) is 19.8. The van der Waals surface area contributed by atoms with E-state index in [9.17, 15) is 0 Å². The minimum atomic E-state index is -0.282. The van der Waals surface area contributed by atoms with E-state index in [0.717, 1.165) is 75.0 Å². The maximum absolute atomic E-state index is 6.61. The minimum absolute atomic E-state index is 0.0236. The number of rotatable bonds is 8. The number of halogens is 1. The van der Waals surface area contributed by atoms with Crippen molar-refractivity contribution in [3.05, 3.63) is 0 Å². The maximum Gasteiger partial charge on any atom is 0.139 e. The van der Waals surface area contributed by atoms with Gasteiger partial charge in [-0.05, 0) is 114 Å². The van der Waals surface area contributed by atoms with Crippen LogP contribution in [0.4, 0.5) is 0 Å². The summed E-state index contributed by atoms with van der Waals surface area (Å²) in [6, 6.07) is 2.71. The molecule has 0 bridgehead atoms. The van der Waals surface area contributed by atoms with Crippen LogP contribution < -0.4 is 26.6 Å². The summed E-state index contributed by atoms with van der Waals surface area (Å²) in [7, 11) is 0. The van der Waals surface area contributed by atoms with Crippen LogP contribution in [-0.4, -0.2) is 54.5 Å². The van der Waals surface area contributed by atoms with E-state index in [0.29, 0.717) is 36.3 Å². The molecule has 10 heteroatoms.